The first-order valence-corrected chi connectivity index (χ1v) is 8.01. The molecule has 24 heavy (non-hydrogen) atoms. The molecule has 0 bridgehead atoms. The second kappa shape index (κ2) is 5.60. The number of carboxylic acids is 1. The number of halogens is 1. The molecule has 0 unspecified atom stereocenters. The van der Waals surface area contributed by atoms with Gasteiger partial charge in [-0.15, -0.1) is 0 Å². The Morgan fingerprint density at radius 3 is 2.79 bits per heavy atom. The Morgan fingerprint density at radius 1 is 1.25 bits per heavy atom. The van der Waals surface area contributed by atoms with Crippen molar-refractivity contribution in [3.63, 3.8) is 0 Å². The normalized spacial score (nSPS) is 25.6. The van der Waals surface area contributed by atoms with E-state index in [2.05, 4.69) is 4.90 Å². The van der Waals surface area contributed by atoms with Gasteiger partial charge in [0.05, 0.1) is 0 Å². The summed E-state index contributed by atoms with van der Waals surface area (Å²) in [5, 5.41) is 9.87. The summed E-state index contributed by atoms with van der Waals surface area (Å²) in [5.41, 5.74) is 0.428. The number of nitrogens with zero attached hydrogens (tertiary/aromatic N) is 1. The van der Waals surface area contributed by atoms with Crippen molar-refractivity contribution >= 4 is 5.97 Å². The Kier molecular flexibility index (Phi) is 3.53. The molecular formula is C19H18FNO3. The summed E-state index contributed by atoms with van der Waals surface area (Å²) in [5.74, 6) is -1.23. The fourth-order valence-corrected chi connectivity index (χ4v) is 3.95. The molecule has 124 valence electrons. The molecule has 0 saturated carbocycles. The number of carboxylic acid groups (broad SMARTS) is 1. The summed E-state index contributed by atoms with van der Waals surface area (Å²) in [6, 6.07) is 14.6. The van der Waals surface area contributed by atoms with Gasteiger partial charge < -0.3 is 9.84 Å². The molecule has 2 aliphatic rings. The first kappa shape index (κ1) is 15.1. The van der Waals surface area contributed by atoms with Crippen molar-refractivity contribution in [1.82, 2.24) is 4.90 Å². The third-order valence-corrected chi connectivity index (χ3v) is 5.14. The standard InChI is InChI=1S/C19H18FNO3/c20-15-7-4-8-16-17(15)14-10-21(9-13-5-2-1-3-6-13)11-19(14,12-24-16)18(22)23/h1-8,14H,9-12H2,(H,22,23)/t14-,19+/m0/s1. The third kappa shape index (κ3) is 2.27. The molecule has 0 aromatic heterocycles. The van der Waals surface area contributed by atoms with Crippen molar-refractivity contribution in [3.8, 4) is 5.75 Å². The van der Waals surface area contributed by atoms with Crippen LogP contribution in [-0.4, -0.2) is 35.7 Å². The minimum absolute atomic E-state index is 0.0781. The number of likely N-dealkylation sites (tertiary alicyclic amines) is 1. The van der Waals surface area contributed by atoms with Crippen molar-refractivity contribution in [3.05, 3.63) is 65.5 Å². The van der Waals surface area contributed by atoms with Crippen LogP contribution < -0.4 is 4.74 Å². The maximum absolute atomic E-state index is 14.4. The van der Waals surface area contributed by atoms with E-state index in [9.17, 15) is 14.3 Å². The molecule has 2 atom stereocenters. The van der Waals surface area contributed by atoms with Crippen molar-refractivity contribution in [1.29, 1.82) is 0 Å². The quantitative estimate of drug-likeness (QED) is 0.942. The van der Waals surface area contributed by atoms with Gasteiger partial charge in [-0.05, 0) is 17.7 Å². The van der Waals surface area contributed by atoms with Crippen LogP contribution in [0.4, 0.5) is 4.39 Å². The maximum atomic E-state index is 14.4. The lowest BCUT2D eigenvalue weighted by Crippen LogP contribution is -2.46. The Hall–Kier alpha value is -2.40. The number of fused-ring (bicyclic) bond motifs is 3. The van der Waals surface area contributed by atoms with E-state index in [-0.39, 0.29) is 12.4 Å². The monoisotopic (exact) mass is 327 g/mol. The average molecular weight is 327 g/mol. The molecule has 2 aliphatic heterocycles. The molecular weight excluding hydrogens is 309 g/mol. The topological polar surface area (TPSA) is 49.8 Å². The van der Waals surface area contributed by atoms with Crippen LogP contribution in [0.5, 0.6) is 5.75 Å². The Morgan fingerprint density at radius 2 is 2.04 bits per heavy atom. The lowest BCUT2D eigenvalue weighted by molar-refractivity contribution is -0.152. The first-order valence-electron chi connectivity index (χ1n) is 8.01. The van der Waals surface area contributed by atoms with Crippen LogP contribution in [0.3, 0.4) is 0 Å². The number of rotatable bonds is 3. The molecule has 4 nitrogen and oxygen atoms in total. The van der Waals surface area contributed by atoms with Crippen molar-refractivity contribution < 1.29 is 19.0 Å². The highest BCUT2D eigenvalue weighted by Gasteiger charge is 2.57. The molecule has 2 aromatic carbocycles. The van der Waals surface area contributed by atoms with Crippen LogP contribution >= 0.6 is 0 Å². The number of benzene rings is 2. The van der Waals surface area contributed by atoms with E-state index < -0.39 is 17.3 Å². The van der Waals surface area contributed by atoms with Gasteiger partial charge in [-0.25, -0.2) is 4.39 Å². The molecule has 2 heterocycles. The van der Waals surface area contributed by atoms with Gasteiger partial charge in [-0.1, -0.05) is 36.4 Å². The van der Waals surface area contributed by atoms with E-state index in [0.717, 1.165) is 5.56 Å². The highest BCUT2D eigenvalue weighted by Crippen LogP contribution is 2.50. The van der Waals surface area contributed by atoms with Crippen LogP contribution in [-0.2, 0) is 11.3 Å². The van der Waals surface area contributed by atoms with Crippen molar-refractivity contribution in [2.45, 2.75) is 12.5 Å². The smallest absolute Gasteiger partial charge is 0.315 e. The predicted octanol–water partition coefficient (Wildman–Crippen LogP) is 2.89. The van der Waals surface area contributed by atoms with Crippen molar-refractivity contribution in [2.75, 3.05) is 19.7 Å². The lowest BCUT2D eigenvalue weighted by Gasteiger charge is -2.36. The molecule has 2 aromatic rings. The van der Waals surface area contributed by atoms with Gasteiger partial charge >= 0.3 is 5.97 Å². The van der Waals surface area contributed by atoms with Gasteiger partial charge in [0, 0.05) is 31.1 Å². The van der Waals surface area contributed by atoms with Gasteiger partial charge in [-0.3, -0.25) is 9.69 Å². The average Bonchev–Trinajstić information content (AvgIpc) is 2.95. The number of hydrogen-bond donors (Lipinski definition) is 1. The highest BCUT2D eigenvalue weighted by molar-refractivity contribution is 5.78. The third-order valence-electron chi connectivity index (χ3n) is 5.14. The van der Waals surface area contributed by atoms with E-state index in [4.69, 9.17) is 4.74 Å². The zero-order valence-corrected chi connectivity index (χ0v) is 13.1. The summed E-state index contributed by atoms with van der Waals surface area (Å²) in [6.07, 6.45) is 0. The molecule has 1 N–H and O–H groups in total. The van der Waals surface area contributed by atoms with E-state index in [1.807, 2.05) is 30.3 Å². The van der Waals surface area contributed by atoms with Gasteiger partial charge in [0.2, 0.25) is 0 Å². The zero-order valence-electron chi connectivity index (χ0n) is 13.1. The van der Waals surface area contributed by atoms with Crippen LogP contribution in [0, 0.1) is 11.2 Å². The van der Waals surface area contributed by atoms with Crippen LogP contribution in [0.2, 0.25) is 0 Å². The van der Waals surface area contributed by atoms with Crippen molar-refractivity contribution in [2.24, 2.45) is 5.41 Å². The SMILES string of the molecule is O=C(O)[C@]12COc3cccc(F)c3[C@@H]1CN(Cc1ccccc1)C2. The van der Waals surface area contributed by atoms with Crippen LogP contribution in [0.1, 0.15) is 17.0 Å². The molecule has 4 rings (SSSR count). The number of aliphatic carboxylic acids is 1. The first-order chi connectivity index (χ1) is 11.6. The van der Waals surface area contributed by atoms with Gasteiger partial charge in [-0.2, -0.15) is 0 Å². The maximum Gasteiger partial charge on any atom is 0.315 e. The summed E-state index contributed by atoms with van der Waals surface area (Å²) in [7, 11) is 0. The van der Waals surface area contributed by atoms with E-state index >= 15 is 0 Å². The lowest BCUT2D eigenvalue weighted by atomic mass is 9.73. The van der Waals surface area contributed by atoms with Gasteiger partial charge in [0.25, 0.3) is 0 Å². The Labute approximate surface area is 139 Å². The zero-order chi connectivity index (χ0) is 16.7. The summed E-state index contributed by atoms with van der Waals surface area (Å²) in [6.45, 7) is 1.60. The molecule has 0 radical (unpaired) electrons. The Balaban J connectivity index is 1.70. The molecule has 1 fully saturated rings. The molecule has 5 heteroatoms. The van der Waals surface area contributed by atoms with Crippen LogP contribution in [0.15, 0.2) is 48.5 Å². The van der Waals surface area contributed by atoms with Crippen LogP contribution in [0.25, 0.3) is 0 Å². The molecule has 1 saturated heterocycles. The largest absolute Gasteiger partial charge is 0.492 e. The fraction of sp³-hybridized carbons (Fsp3) is 0.316. The minimum atomic E-state index is -1.09. The number of hydrogen-bond acceptors (Lipinski definition) is 3. The van der Waals surface area contributed by atoms with E-state index in [1.54, 1.807) is 12.1 Å². The summed E-state index contributed by atoms with van der Waals surface area (Å²) in [4.78, 5) is 14.1. The summed E-state index contributed by atoms with van der Waals surface area (Å²) >= 11 is 0. The number of carbonyl (C=O) groups is 1. The second-order valence-corrected chi connectivity index (χ2v) is 6.61. The van der Waals surface area contributed by atoms with E-state index in [0.29, 0.717) is 30.9 Å². The second-order valence-electron chi connectivity index (χ2n) is 6.61. The Bertz CT molecular complexity index is 779. The summed E-state index contributed by atoms with van der Waals surface area (Å²) < 4.78 is 20.0. The highest BCUT2D eigenvalue weighted by atomic mass is 19.1. The molecule has 0 amide bonds. The molecule has 0 spiro atoms. The fourth-order valence-electron chi connectivity index (χ4n) is 3.95. The van der Waals surface area contributed by atoms with Gasteiger partial charge in [0.1, 0.15) is 23.6 Å². The minimum Gasteiger partial charge on any atom is -0.492 e. The van der Waals surface area contributed by atoms with Gasteiger partial charge in [0.15, 0.2) is 0 Å². The van der Waals surface area contributed by atoms with E-state index in [1.165, 1.54) is 6.07 Å². The molecule has 0 aliphatic carbocycles. The predicted molar refractivity (Wildman–Crippen MR) is 86.4 cm³/mol. The number of ether oxygens (including phenoxy) is 1.